The normalized spacial score (nSPS) is 14.9. The highest BCUT2D eigenvalue weighted by Gasteiger charge is 2.26. The Labute approximate surface area is 198 Å². The van der Waals surface area contributed by atoms with E-state index >= 15 is 0 Å². The number of alkyl halides is 2. The van der Waals surface area contributed by atoms with Crippen molar-refractivity contribution in [1.29, 1.82) is 0 Å². The SMILES string of the molecule is CCOc1cccc(CN=C(N)N2CCN(C(=O)OC(C)(C)C)CC2)c1OC(F)F.I. The van der Waals surface area contributed by atoms with Crippen molar-refractivity contribution in [3.63, 3.8) is 0 Å². The number of halogens is 3. The van der Waals surface area contributed by atoms with Crippen molar-refractivity contribution in [3.8, 4) is 11.5 Å². The lowest BCUT2D eigenvalue weighted by Crippen LogP contribution is -2.53. The van der Waals surface area contributed by atoms with Gasteiger partial charge in [-0.05, 0) is 33.8 Å². The fourth-order valence-electron chi connectivity index (χ4n) is 2.89. The van der Waals surface area contributed by atoms with Crippen LogP contribution in [-0.4, -0.2) is 66.9 Å². The number of carbonyl (C=O) groups excluding carboxylic acids is 1. The molecular weight excluding hydrogens is 525 g/mol. The minimum absolute atomic E-state index is 0. The third-order valence-electron chi connectivity index (χ3n) is 4.23. The smallest absolute Gasteiger partial charge is 0.410 e. The van der Waals surface area contributed by atoms with E-state index in [1.807, 2.05) is 25.7 Å². The maximum absolute atomic E-state index is 12.8. The monoisotopic (exact) mass is 556 g/mol. The topological polar surface area (TPSA) is 89.6 Å². The van der Waals surface area contributed by atoms with Gasteiger partial charge in [-0.3, -0.25) is 0 Å². The quantitative estimate of drug-likeness (QED) is 0.327. The molecule has 0 atom stereocenters. The third kappa shape index (κ3) is 8.54. The molecule has 0 saturated carbocycles. The summed E-state index contributed by atoms with van der Waals surface area (Å²) in [5.74, 6) is 0.458. The number of amides is 1. The van der Waals surface area contributed by atoms with Crippen LogP contribution in [-0.2, 0) is 11.3 Å². The van der Waals surface area contributed by atoms with Crippen molar-refractivity contribution in [3.05, 3.63) is 23.8 Å². The Balaban J connectivity index is 0.00000480. The molecule has 1 aromatic rings. The molecule has 0 radical (unpaired) electrons. The van der Waals surface area contributed by atoms with Gasteiger partial charge < -0.3 is 29.7 Å². The minimum Gasteiger partial charge on any atom is -0.490 e. The van der Waals surface area contributed by atoms with Crippen molar-refractivity contribution >= 4 is 36.0 Å². The molecule has 0 spiro atoms. The molecule has 1 aromatic carbocycles. The Bertz CT molecular complexity index is 751. The molecule has 2 rings (SSSR count). The number of hydrogen-bond donors (Lipinski definition) is 1. The predicted octanol–water partition coefficient (Wildman–Crippen LogP) is 3.67. The van der Waals surface area contributed by atoms with Gasteiger partial charge in [-0.2, -0.15) is 8.78 Å². The van der Waals surface area contributed by atoms with Crippen molar-refractivity contribution in [2.24, 2.45) is 10.7 Å². The van der Waals surface area contributed by atoms with Gasteiger partial charge in [0.1, 0.15) is 5.60 Å². The van der Waals surface area contributed by atoms with Crippen LogP contribution in [0.5, 0.6) is 11.5 Å². The zero-order valence-electron chi connectivity index (χ0n) is 18.3. The largest absolute Gasteiger partial charge is 0.490 e. The van der Waals surface area contributed by atoms with Crippen LogP contribution in [0.25, 0.3) is 0 Å². The number of aliphatic imine (C=N–C) groups is 1. The summed E-state index contributed by atoms with van der Waals surface area (Å²) in [5, 5.41) is 0. The van der Waals surface area contributed by atoms with Crippen molar-refractivity contribution < 1.29 is 27.8 Å². The molecule has 0 aliphatic carbocycles. The van der Waals surface area contributed by atoms with Gasteiger partial charge in [0.15, 0.2) is 17.5 Å². The number of carbonyl (C=O) groups is 1. The first kappa shape index (κ1) is 27.0. The first-order valence-electron chi connectivity index (χ1n) is 9.83. The Morgan fingerprint density at radius 3 is 2.35 bits per heavy atom. The Morgan fingerprint density at radius 2 is 1.81 bits per heavy atom. The van der Waals surface area contributed by atoms with Crippen LogP contribution in [0.3, 0.4) is 0 Å². The van der Waals surface area contributed by atoms with Crippen LogP contribution in [0.2, 0.25) is 0 Å². The lowest BCUT2D eigenvalue weighted by Gasteiger charge is -2.36. The number of hydrogen-bond acceptors (Lipinski definition) is 5. The molecule has 1 heterocycles. The van der Waals surface area contributed by atoms with E-state index in [9.17, 15) is 13.6 Å². The Hall–Kier alpha value is -2.05. The molecule has 1 fully saturated rings. The highest BCUT2D eigenvalue weighted by molar-refractivity contribution is 14.0. The third-order valence-corrected chi connectivity index (χ3v) is 4.23. The maximum atomic E-state index is 12.8. The summed E-state index contributed by atoms with van der Waals surface area (Å²) in [6, 6.07) is 4.88. The van der Waals surface area contributed by atoms with Crippen molar-refractivity contribution in [2.75, 3.05) is 32.8 Å². The Kier molecular flexibility index (Phi) is 10.5. The summed E-state index contributed by atoms with van der Waals surface area (Å²) in [7, 11) is 0. The van der Waals surface area contributed by atoms with Crippen LogP contribution in [0.15, 0.2) is 23.2 Å². The van der Waals surface area contributed by atoms with E-state index in [1.54, 1.807) is 30.0 Å². The number of ether oxygens (including phenoxy) is 3. The summed E-state index contributed by atoms with van der Waals surface area (Å²) >= 11 is 0. The fourth-order valence-corrected chi connectivity index (χ4v) is 2.89. The minimum atomic E-state index is -2.98. The average molecular weight is 556 g/mol. The standard InChI is InChI=1S/C20H30F2N4O4.HI/c1-5-28-15-8-6-7-14(16(15)29-17(21)22)13-24-18(23)25-9-11-26(12-10-25)19(27)30-20(2,3)4;/h6-8,17H,5,9-13H2,1-4H3,(H2,23,24);1H. The maximum Gasteiger partial charge on any atom is 0.410 e. The van der Waals surface area contributed by atoms with Gasteiger partial charge in [0.25, 0.3) is 0 Å². The molecular formula is C20H31F2IN4O4. The van der Waals surface area contributed by atoms with Gasteiger partial charge >= 0.3 is 12.7 Å². The van der Waals surface area contributed by atoms with Crippen LogP contribution < -0.4 is 15.2 Å². The second-order valence-corrected chi connectivity index (χ2v) is 7.68. The lowest BCUT2D eigenvalue weighted by molar-refractivity contribution is -0.0520. The van der Waals surface area contributed by atoms with Gasteiger partial charge in [-0.1, -0.05) is 12.1 Å². The average Bonchev–Trinajstić information content (AvgIpc) is 2.66. The predicted molar refractivity (Wildman–Crippen MR) is 124 cm³/mol. The van der Waals surface area contributed by atoms with Crippen molar-refractivity contribution in [1.82, 2.24) is 9.80 Å². The van der Waals surface area contributed by atoms with Crippen LogP contribution in [0.4, 0.5) is 13.6 Å². The van der Waals surface area contributed by atoms with Gasteiger partial charge in [0.2, 0.25) is 0 Å². The van der Waals surface area contributed by atoms with Crippen LogP contribution in [0.1, 0.15) is 33.3 Å². The van der Waals surface area contributed by atoms with E-state index in [1.165, 1.54) is 0 Å². The first-order chi connectivity index (χ1) is 14.1. The summed E-state index contributed by atoms with van der Waals surface area (Å²) in [6.07, 6.45) is -0.362. The number of para-hydroxylation sites is 1. The van der Waals surface area contributed by atoms with E-state index in [4.69, 9.17) is 15.2 Å². The molecule has 11 heteroatoms. The zero-order chi connectivity index (χ0) is 22.3. The number of piperazine rings is 1. The highest BCUT2D eigenvalue weighted by Crippen LogP contribution is 2.33. The summed E-state index contributed by atoms with van der Waals surface area (Å²) in [6.45, 7) is 6.49. The number of nitrogens with two attached hydrogens (primary N) is 1. The number of nitrogens with zero attached hydrogens (tertiary/aromatic N) is 3. The number of rotatable bonds is 6. The second kappa shape index (κ2) is 12.1. The number of benzene rings is 1. The summed E-state index contributed by atoms with van der Waals surface area (Å²) in [4.78, 5) is 19.9. The van der Waals surface area contributed by atoms with Gasteiger partial charge in [0, 0.05) is 31.7 Å². The second-order valence-electron chi connectivity index (χ2n) is 7.68. The van der Waals surface area contributed by atoms with Crippen LogP contribution in [0, 0.1) is 0 Å². The van der Waals surface area contributed by atoms with Crippen molar-refractivity contribution in [2.45, 2.75) is 46.5 Å². The highest BCUT2D eigenvalue weighted by atomic mass is 127. The molecule has 8 nitrogen and oxygen atoms in total. The molecule has 1 aliphatic heterocycles. The molecule has 0 aromatic heterocycles. The molecule has 0 unspecified atom stereocenters. The van der Waals surface area contributed by atoms with E-state index in [0.29, 0.717) is 38.3 Å². The fraction of sp³-hybridized carbons (Fsp3) is 0.600. The van der Waals surface area contributed by atoms with E-state index in [0.717, 1.165) is 0 Å². The molecule has 0 bridgehead atoms. The molecule has 1 saturated heterocycles. The zero-order valence-corrected chi connectivity index (χ0v) is 20.6. The van der Waals surface area contributed by atoms with Gasteiger partial charge in [-0.25, -0.2) is 9.79 Å². The molecule has 2 N–H and O–H groups in total. The van der Waals surface area contributed by atoms with E-state index < -0.39 is 12.2 Å². The molecule has 1 aliphatic rings. The van der Waals surface area contributed by atoms with Gasteiger partial charge in [0.05, 0.1) is 13.2 Å². The van der Waals surface area contributed by atoms with Gasteiger partial charge in [-0.15, -0.1) is 24.0 Å². The Morgan fingerprint density at radius 1 is 1.19 bits per heavy atom. The van der Waals surface area contributed by atoms with E-state index in [-0.39, 0.29) is 54.1 Å². The number of guanidine groups is 1. The molecule has 176 valence electrons. The molecule has 1 amide bonds. The van der Waals surface area contributed by atoms with Crippen LogP contribution >= 0.6 is 24.0 Å². The van der Waals surface area contributed by atoms with E-state index in [2.05, 4.69) is 9.73 Å². The summed E-state index contributed by atoms with van der Waals surface area (Å²) in [5.41, 5.74) is 5.98. The summed E-state index contributed by atoms with van der Waals surface area (Å²) < 4.78 is 41.0. The lowest BCUT2D eigenvalue weighted by atomic mass is 10.2. The first-order valence-corrected chi connectivity index (χ1v) is 9.83. The molecule has 31 heavy (non-hydrogen) atoms.